The van der Waals surface area contributed by atoms with Gasteiger partial charge in [0.05, 0.1) is 0 Å². The van der Waals surface area contributed by atoms with E-state index in [-0.39, 0.29) is 41.8 Å². The summed E-state index contributed by atoms with van der Waals surface area (Å²) in [5, 5.41) is 5.02. The first-order chi connectivity index (χ1) is 26.2. The van der Waals surface area contributed by atoms with Crippen LogP contribution in [-0.4, -0.2) is 9.97 Å². The van der Waals surface area contributed by atoms with Gasteiger partial charge in [-0.25, -0.2) is 0 Å². The van der Waals surface area contributed by atoms with Gasteiger partial charge in [0.15, 0.2) is 0 Å². The first-order valence-electron chi connectivity index (χ1n) is 21.1. The van der Waals surface area contributed by atoms with E-state index < -0.39 is 0 Å². The maximum absolute atomic E-state index is 4.89. The third-order valence-electron chi connectivity index (χ3n) is 15.0. The summed E-state index contributed by atoms with van der Waals surface area (Å²) in [6, 6.07) is 34.3. The zero-order valence-electron chi connectivity index (χ0n) is 34.6. The Morgan fingerprint density at radius 2 is 1.29 bits per heavy atom. The Balaban J connectivity index is 0.000000148. The summed E-state index contributed by atoms with van der Waals surface area (Å²) in [4.78, 5) is 9.59. The van der Waals surface area contributed by atoms with Gasteiger partial charge in [0.25, 0.3) is 0 Å². The summed E-state index contributed by atoms with van der Waals surface area (Å²) in [5.74, 6) is 3.54. The fourth-order valence-corrected chi connectivity index (χ4v) is 12.3. The SMILES string of the molecule is CC1(C)CCC(C)(C)c2cc3c(-c4[c-]cc5c(c4)C(C)(C)CC5(C)C)nccc3cc21.[Ir].[c-]1cc2c(cc1-c1cc3ccccc3cn1)C1CC3CC(C1)C2C3. The predicted octanol–water partition coefficient (Wildman–Crippen LogP) is 13.7. The number of pyridine rings is 2. The molecule has 6 aromatic rings. The summed E-state index contributed by atoms with van der Waals surface area (Å²) in [6.45, 7) is 19.1. The van der Waals surface area contributed by atoms with Gasteiger partial charge in [-0.2, -0.15) is 0 Å². The van der Waals surface area contributed by atoms with Crippen molar-refractivity contribution in [2.45, 2.75) is 134 Å². The van der Waals surface area contributed by atoms with Crippen LogP contribution in [0, 0.1) is 24.0 Å². The van der Waals surface area contributed by atoms with Crippen LogP contribution in [0.4, 0.5) is 0 Å². The molecule has 56 heavy (non-hydrogen) atoms. The molecule has 289 valence electrons. The molecule has 4 unspecified atom stereocenters. The Labute approximate surface area is 348 Å². The fourth-order valence-electron chi connectivity index (χ4n) is 12.3. The van der Waals surface area contributed by atoms with Crippen molar-refractivity contribution in [3.63, 3.8) is 0 Å². The van der Waals surface area contributed by atoms with Crippen molar-refractivity contribution in [3.8, 4) is 22.5 Å². The topological polar surface area (TPSA) is 25.8 Å². The minimum absolute atomic E-state index is 0. The summed E-state index contributed by atoms with van der Waals surface area (Å²) >= 11 is 0. The average molecular weight is 913 g/mol. The standard InChI is InChI=1S/C30H36N.C23H20N.Ir/c1-27(2)12-13-28(3,4)25-17-21-19(15-24(25)27)11-14-31-26(21)20-9-10-22-23(16-20)30(7,8)18-29(22,5)6;1-2-4-17-13-24-23(12-15(17)3-1)16-5-6-20-21-9-14-7-18(21)10-19(8-14)22(20)11-16;/h10-11,14-17H,12-13,18H2,1-8H3;1-4,6,11-14,18-19,21H,7-10H2;/q2*-1;. The first-order valence-corrected chi connectivity index (χ1v) is 21.1. The summed E-state index contributed by atoms with van der Waals surface area (Å²) < 4.78 is 0. The van der Waals surface area contributed by atoms with Gasteiger partial charge in [0.2, 0.25) is 0 Å². The van der Waals surface area contributed by atoms with E-state index in [0.717, 1.165) is 40.6 Å². The van der Waals surface area contributed by atoms with Gasteiger partial charge in [-0.15, -0.1) is 69.8 Å². The molecule has 4 aromatic carbocycles. The van der Waals surface area contributed by atoms with Gasteiger partial charge < -0.3 is 9.97 Å². The van der Waals surface area contributed by atoms with Crippen LogP contribution in [0.15, 0.2) is 85.2 Å². The fraction of sp³-hybridized carbons (Fsp3) is 0.434. The van der Waals surface area contributed by atoms with E-state index in [1.54, 1.807) is 11.1 Å². The van der Waals surface area contributed by atoms with Crippen molar-refractivity contribution in [2.24, 2.45) is 11.8 Å². The van der Waals surface area contributed by atoms with E-state index in [4.69, 9.17) is 9.97 Å². The number of hydrogen-bond acceptors (Lipinski definition) is 2. The van der Waals surface area contributed by atoms with E-state index in [0.29, 0.717) is 0 Å². The summed E-state index contributed by atoms with van der Waals surface area (Å²) in [6.07, 6.45) is 13.3. The molecule has 0 aliphatic heterocycles. The zero-order valence-corrected chi connectivity index (χ0v) is 37.0. The van der Waals surface area contributed by atoms with Crippen LogP contribution in [0.1, 0.15) is 146 Å². The zero-order chi connectivity index (χ0) is 38.1. The third kappa shape index (κ3) is 6.14. The minimum Gasteiger partial charge on any atom is -0.304 e. The summed E-state index contributed by atoms with van der Waals surface area (Å²) in [7, 11) is 0. The number of hydrogen-bond donors (Lipinski definition) is 0. The monoisotopic (exact) mass is 913 g/mol. The van der Waals surface area contributed by atoms with Gasteiger partial charge in [0.1, 0.15) is 0 Å². The molecule has 2 fully saturated rings. The van der Waals surface area contributed by atoms with Gasteiger partial charge >= 0.3 is 0 Å². The second kappa shape index (κ2) is 13.2. The number of nitrogens with zero attached hydrogens (tertiary/aromatic N) is 2. The second-order valence-electron chi connectivity index (χ2n) is 20.7. The molecule has 2 nitrogen and oxygen atoms in total. The molecule has 2 heterocycles. The van der Waals surface area contributed by atoms with Crippen LogP contribution in [0.25, 0.3) is 44.1 Å². The van der Waals surface area contributed by atoms with Crippen molar-refractivity contribution in [1.29, 1.82) is 0 Å². The summed E-state index contributed by atoms with van der Waals surface area (Å²) in [5.41, 5.74) is 14.4. The minimum atomic E-state index is 0. The van der Waals surface area contributed by atoms with Crippen LogP contribution >= 0.6 is 0 Å². The van der Waals surface area contributed by atoms with Gasteiger partial charge in [-0.3, -0.25) is 0 Å². The van der Waals surface area contributed by atoms with E-state index in [1.165, 1.54) is 94.3 Å². The predicted molar refractivity (Wildman–Crippen MR) is 229 cm³/mol. The molecule has 5 aliphatic rings. The molecule has 3 heteroatoms. The number of rotatable bonds is 2. The molecule has 11 rings (SSSR count). The molecule has 1 radical (unpaired) electrons. The van der Waals surface area contributed by atoms with Crippen molar-refractivity contribution in [3.05, 3.63) is 131 Å². The Kier molecular flexibility index (Phi) is 8.93. The van der Waals surface area contributed by atoms with Gasteiger partial charge in [0, 0.05) is 32.5 Å². The Morgan fingerprint density at radius 3 is 2.07 bits per heavy atom. The molecule has 0 saturated heterocycles. The normalized spacial score (nSPS) is 25.1. The molecule has 0 N–H and O–H groups in total. The molecule has 2 saturated carbocycles. The number of aromatic nitrogens is 2. The van der Waals surface area contributed by atoms with E-state index in [9.17, 15) is 0 Å². The molecule has 3 bridgehead atoms. The smallest absolute Gasteiger partial charge is 0.0239 e. The van der Waals surface area contributed by atoms with Crippen molar-refractivity contribution in [2.75, 3.05) is 0 Å². The van der Waals surface area contributed by atoms with E-state index >= 15 is 0 Å². The molecule has 0 spiro atoms. The maximum atomic E-state index is 4.89. The average Bonchev–Trinajstić information content (AvgIpc) is 3.52. The van der Waals surface area contributed by atoms with E-state index in [2.05, 4.69) is 140 Å². The second-order valence-corrected chi connectivity index (χ2v) is 20.7. The van der Waals surface area contributed by atoms with Crippen LogP contribution < -0.4 is 0 Å². The van der Waals surface area contributed by atoms with Crippen molar-refractivity contribution >= 4 is 21.5 Å². The van der Waals surface area contributed by atoms with Gasteiger partial charge in [-0.05, 0) is 134 Å². The number of fused-ring (bicyclic) bond motifs is 9. The van der Waals surface area contributed by atoms with Gasteiger partial charge in [-0.1, -0.05) is 104 Å². The number of benzene rings is 4. The third-order valence-corrected chi connectivity index (χ3v) is 15.0. The Bertz CT molecular complexity index is 2520. The molecular weight excluding hydrogens is 857 g/mol. The van der Waals surface area contributed by atoms with Crippen LogP contribution in [0.3, 0.4) is 0 Å². The molecule has 5 aliphatic carbocycles. The maximum Gasteiger partial charge on any atom is 0.0239 e. The Hall–Kier alpha value is -3.65. The van der Waals surface area contributed by atoms with Crippen LogP contribution in [0.5, 0.6) is 0 Å². The van der Waals surface area contributed by atoms with E-state index in [1.807, 2.05) is 12.4 Å². The molecule has 2 aromatic heterocycles. The first kappa shape index (κ1) is 37.9. The van der Waals surface area contributed by atoms with Crippen LogP contribution in [-0.2, 0) is 41.8 Å². The largest absolute Gasteiger partial charge is 0.304 e. The van der Waals surface area contributed by atoms with Crippen LogP contribution in [0.2, 0.25) is 0 Å². The Morgan fingerprint density at radius 1 is 0.589 bits per heavy atom. The quantitative estimate of drug-likeness (QED) is 0.162. The van der Waals surface area contributed by atoms with Crippen molar-refractivity contribution < 1.29 is 20.1 Å². The molecule has 4 atom stereocenters. The van der Waals surface area contributed by atoms with Crippen molar-refractivity contribution in [1.82, 2.24) is 9.97 Å². The molecular formula is C53H56IrN2-2. The molecule has 0 amide bonds.